The van der Waals surface area contributed by atoms with E-state index in [1.165, 1.54) is 4.57 Å². The molecule has 0 fully saturated rings. The lowest BCUT2D eigenvalue weighted by atomic mass is 10.6. The molecule has 0 amide bonds. The fraction of sp³-hybridized carbons (Fsp3) is 0. The fourth-order valence-corrected chi connectivity index (χ4v) is 0.936. The van der Waals surface area contributed by atoms with Crippen molar-refractivity contribution in [2.24, 2.45) is 0 Å². The third-order valence-electron chi connectivity index (χ3n) is 1.41. The number of aromatic amines is 1. The molecule has 0 saturated heterocycles. The molecule has 0 aliphatic carbocycles. The van der Waals surface area contributed by atoms with Crippen molar-refractivity contribution in [1.29, 1.82) is 0 Å². The number of carbonyl (C=O) groups is 1. The monoisotopic (exact) mass is 135 g/mol. The van der Waals surface area contributed by atoms with Crippen LogP contribution in [0.25, 0.3) is 11.2 Å². The van der Waals surface area contributed by atoms with Gasteiger partial charge in [-0.3, -0.25) is 9.36 Å². The Balaban J connectivity index is 2.88. The van der Waals surface area contributed by atoms with Crippen molar-refractivity contribution >= 4 is 17.6 Å². The predicted molar refractivity (Wildman–Crippen MR) is 36.2 cm³/mol. The average molecular weight is 135 g/mol. The molecule has 2 aromatic heterocycles. The van der Waals surface area contributed by atoms with Gasteiger partial charge in [0.2, 0.25) is 6.41 Å². The number of imidazole rings is 1. The van der Waals surface area contributed by atoms with Gasteiger partial charge in [-0.1, -0.05) is 0 Å². The molecule has 2 rings (SSSR count). The van der Waals surface area contributed by atoms with E-state index in [9.17, 15) is 4.79 Å². The molecule has 2 aromatic rings. The molecule has 4 nitrogen and oxygen atoms in total. The normalized spacial score (nSPS) is 10.4. The highest BCUT2D eigenvalue weighted by molar-refractivity contribution is 5.78. The molecular weight excluding hydrogens is 130 g/mol. The smallest absolute Gasteiger partial charge is 0.219 e. The number of carbonyl (C=O) groups excluding carboxylic acids is 1. The maximum absolute atomic E-state index is 10.3. The second-order valence-corrected chi connectivity index (χ2v) is 1.97. The van der Waals surface area contributed by atoms with E-state index in [0.29, 0.717) is 5.65 Å². The minimum absolute atomic E-state index is 0.676. The van der Waals surface area contributed by atoms with Gasteiger partial charge in [0.05, 0.1) is 11.8 Å². The molecule has 0 atom stereocenters. The minimum atomic E-state index is 0.676. The number of nitrogens with one attached hydrogen (secondary N) is 1. The van der Waals surface area contributed by atoms with Crippen molar-refractivity contribution < 1.29 is 4.79 Å². The number of hydrogen-bond acceptors (Lipinski definition) is 2. The quantitative estimate of drug-likeness (QED) is 0.575. The van der Waals surface area contributed by atoms with E-state index in [-0.39, 0.29) is 0 Å². The number of rotatable bonds is 1. The molecule has 0 spiro atoms. The zero-order chi connectivity index (χ0) is 6.97. The molecular formula is C6H5N3O. The van der Waals surface area contributed by atoms with Gasteiger partial charge < -0.3 is 4.98 Å². The number of hydrogen-bond donors (Lipinski definition) is 1. The largest absolute Gasteiger partial charge is 0.343 e. The number of fused-ring (bicyclic) bond motifs is 1. The number of nitrogens with zero attached hydrogens (tertiary/aromatic N) is 2. The molecule has 4 heteroatoms. The average Bonchev–Trinajstić information content (AvgIpc) is 2.44. The third-order valence-corrected chi connectivity index (χ3v) is 1.41. The summed E-state index contributed by atoms with van der Waals surface area (Å²) in [5.41, 5.74) is 1.56. The molecule has 0 radical (unpaired) electrons. The molecule has 0 aromatic carbocycles. The summed E-state index contributed by atoms with van der Waals surface area (Å²) in [5, 5.41) is 0. The Morgan fingerprint density at radius 3 is 3.40 bits per heavy atom. The topological polar surface area (TPSA) is 50.7 Å². The number of H-pyrrole nitrogens is 1. The highest BCUT2D eigenvalue weighted by Crippen LogP contribution is 2.07. The second kappa shape index (κ2) is 1.70. The molecule has 50 valence electrons. The van der Waals surface area contributed by atoms with Crippen LogP contribution in [0.15, 0.2) is 18.6 Å². The molecule has 0 bridgehead atoms. The van der Waals surface area contributed by atoms with Crippen LogP contribution in [0.1, 0.15) is 0 Å². The maximum atomic E-state index is 10.3. The summed E-state index contributed by atoms with van der Waals surface area (Å²) in [6.45, 7) is 0. The summed E-state index contributed by atoms with van der Waals surface area (Å²) in [6, 6.07) is 1.80. The van der Waals surface area contributed by atoms with Crippen LogP contribution >= 0.6 is 0 Å². The molecule has 0 aliphatic heterocycles. The SMILES string of the molecule is O=Cn1ccc2[nH]cnc21. The van der Waals surface area contributed by atoms with Crippen LogP contribution in [0.2, 0.25) is 0 Å². The summed E-state index contributed by atoms with van der Waals surface area (Å²) >= 11 is 0. The fourth-order valence-electron chi connectivity index (χ4n) is 0.936. The lowest BCUT2D eigenvalue weighted by Crippen LogP contribution is -1.90. The van der Waals surface area contributed by atoms with Crippen molar-refractivity contribution in [1.82, 2.24) is 14.5 Å². The Morgan fingerprint density at radius 2 is 2.60 bits per heavy atom. The Morgan fingerprint density at radius 1 is 1.70 bits per heavy atom. The van der Waals surface area contributed by atoms with Crippen LogP contribution in [-0.4, -0.2) is 20.9 Å². The van der Waals surface area contributed by atoms with Gasteiger partial charge in [0.25, 0.3) is 0 Å². The van der Waals surface area contributed by atoms with Gasteiger partial charge in [-0.05, 0) is 6.07 Å². The first-order valence-corrected chi connectivity index (χ1v) is 2.87. The summed E-state index contributed by atoms with van der Waals surface area (Å²) in [6.07, 6.45) is 3.95. The first-order valence-electron chi connectivity index (χ1n) is 2.87. The van der Waals surface area contributed by atoms with Crippen LogP contribution in [0.3, 0.4) is 0 Å². The molecule has 0 unspecified atom stereocenters. The van der Waals surface area contributed by atoms with Crippen LogP contribution in [-0.2, 0) is 4.79 Å². The van der Waals surface area contributed by atoms with Crippen LogP contribution in [0, 0.1) is 0 Å². The van der Waals surface area contributed by atoms with Gasteiger partial charge in [0.15, 0.2) is 5.65 Å². The molecule has 0 saturated carbocycles. The van der Waals surface area contributed by atoms with E-state index in [4.69, 9.17) is 0 Å². The third kappa shape index (κ3) is 0.500. The van der Waals surface area contributed by atoms with Crippen molar-refractivity contribution in [3.8, 4) is 0 Å². The van der Waals surface area contributed by atoms with Gasteiger partial charge in [-0.25, -0.2) is 4.98 Å². The zero-order valence-electron chi connectivity index (χ0n) is 5.11. The minimum Gasteiger partial charge on any atom is -0.343 e. The highest BCUT2D eigenvalue weighted by Gasteiger charge is 1.99. The molecule has 2 heterocycles. The van der Waals surface area contributed by atoms with E-state index >= 15 is 0 Å². The molecule has 10 heavy (non-hydrogen) atoms. The summed E-state index contributed by atoms with van der Waals surface area (Å²) in [7, 11) is 0. The Bertz CT molecular complexity index is 360. The van der Waals surface area contributed by atoms with E-state index in [2.05, 4.69) is 9.97 Å². The lowest BCUT2D eigenvalue weighted by molar-refractivity contribution is 0.549. The number of aromatic nitrogens is 3. The summed E-state index contributed by atoms with van der Waals surface area (Å²) in [4.78, 5) is 17.1. The zero-order valence-corrected chi connectivity index (χ0v) is 5.11. The Kier molecular flexibility index (Phi) is 0.887. The van der Waals surface area contributed by atoms with E-state index in [0.717, 1.165) is 11.9 Å². The lowest BCUT2D eigenvalue weighted by Gasteiger charge is -1.83. The predicted octanol–water partition coefficient (Wildman–Crippen LogP) is 0.403. The van der Waals surface area contributed by atoms with Crippen molar-refractivity contribution in [3.63, 3.8) is 0 Å². The van der Waals surface area contributed by atoms with E-state index < -0.39 is 0 Å². The molecule has 0 aliphatic rings. The van der Waals surface area contributed by atoms with Gasteiger partial charge in [-0.15, -0.1) is 0 Å². The summed E-state index contributed by atoms with van der Waals surface area (Å²) in [5.74, 6) is 0. The first-order chi connectivity index (χ1) is 4.92. The van der Waals surface area contributed by atoms with Gasteiger partial charge >= 0.3 is 0 Å². The van der Waals surface area contributed by atoms with Crippen molar-refractivity contribution in [2.75, 3.05) is 0 Å². The van der Waals surface area contributed by atoms with E-state index in [1.54, 1.807) is 18.6 Å². The van der Waals surface area contributed by atoms with E-state index in [1.807, 2.05) is 0 Å². The Labute approximate surface area is 56.5 Å². The van der Waals surface area contributed by atoms with Gasteiger partial charge in [0.1, 0.15) is 0 Å². The second-order valence-electron chi connectivity index (χ2n) is 1.97. The standard InChI is InChI=1S/C6H5N3O/c10-4-9-2-1-5-6(9)8-3-7-5/h1-4H,(H,7,8). The highest BCUT2D eigenvalue weighted by atomic mass is 16.1. The Hall–Kier alpha value is -1.58. The van der Waals surface area contributed by atoms with Crippen molar-refractivity contribution in [2.45, 2.75) is 0 Å². The maximum Gasteiger partial charge on any atom is 0.219 e. The van der Waals surface area contributed by atoms with Gasteiger partial charge in [-0.2, -0.15) is 0 Å². The van der Waals surface area contributed by atoms with Crippen LogP contribution in [0.4, 0.5) is 0 Å². The van der Waals surface area contributed by atoms with Gasteiger partial charge in [0, 0.05) is 6.20 Å². The van der Waals surface area contributed by atoms with Crippen LogP contribution < -0.4 is 0 Å². The molecule has 1 N–H and O–H groups in total. The van der Waals surface area contributed by atoms with Crippen molar-refractivity contribution in [3.05, 3.63) is 18.6 Å². The first kappa shape index (κ1) is 5.22. The van der Waals surface area contributed by atoms with Crippen LogP contribution in [0.5, 0.6) is 0 Å². The summed E-state index contributed by atoms with van der Waals surface area (Å²) < 4.78 is 1.42.